The van der Waals surface area contributed by atoms with Crippen LogP contribution in [-0.2, 0) is 6.42 Å². The Hall–Kier alpha value is -0.530. The second-order valence-electron chi connectivity index (χ2n) is 3.58. The van der Waals surface area contributed by atoms with Gasteiger partial charge in [-0.1, -0.05) is 36.6 Å². The summed E-state index contributed by atoms with van der Waals surface area (Å²) in [4.78, 5) is 0. The molecule has 0 aliphatic carbocycles. The predicted molar refractivity (Wildman–Crippen MR) is 62.7 cm³/mol. The van der Waals surface area contributed by atoms with Crippen LogP contribution in [0.25, 0.3) is 0 Å². The first-order valence-corrected chi connectivity index (χ1v) is 5.65. The van der Waals surface area contributed by atoms with Gasteiger partial charge in [-0.2, -0.15) is 0 Å². The molecule has 0 radical (unpaired) electrons. The second kappa shape index (κ2) is 6.86. The van der Waals surface area contributed by atoms with Crippen LogP contribution in [0.4, 0.5) is 0 Å². The molecular formula is C12H18ClN. The molecule has 0 heterocycles. The molecule has 2 N–H and O–H groups in total. The summed E-state index contributed by atoms with van der Waals surface area (Å²) in [6.07, 6.45) is 6.03. The minimum atomic E-state index is 0.817. The van der Waals surface area contributed by atoms with E-state index < -0.39 is 0 Å². The maximum atomic E-state index is 5.89. The largest absolute Gasteiger partial charge is 0.330 e. The van der Waals surface area contributed by atoms with E-state index in [1.165, 1.54) is 24.8 Å². The Bertz CT molecular complexity index is 260. The highest BCUT2D eigenvalue weighted by Crippen LogP contribution is 2.13. The van der Waals surface area contributed by atoms with Gasteiger partial charge in [-0.3, -0.25) is 0 Å². The molecule has 1 aromatic carbocycles. The van der Waals surface area contributed by atoms with Gasteiger partial charge >= 0.3 is 0 Å². The van der Waals surface area contributed by atoms with Gasteiger partial charge < -0.3 is 5.73 Å². The molecule has 2 heteroatoms. The fourth-order valence-corrected chi connectivity index (χ4v) is 1.73. The van der Waals surface area contributed by atoms with Gasteiger partial charge in [-0.05, 0) is 43.5 Å². The second-order valence-corrected chi connectivity index (χ2v) is 4.02. The molecule has 0 fully saturated rings. The lowest BCUT2D eigenvalue weighted by atomic mass is 10.1. The lowest BCUT2D eigenvalue weighted by Gasteiger charge is -2.01. The number of hydrogen-bond acceptors (Lipinski definition) is 1. The van der Waals surface area contributed by atoms with Gasteiger partial charge in [0.05, 0.1) is 0 Å². The highest BCUT2D eigenvalue weighted by molar-refractivity contribution is 6.30. The summed E-state index contributed by atoms with van der Waals surface area (Å²) in [7, 11) is 0. The van der Waals surface area contributed by atoms with Gasteiger partial charge in [0.2, 0.25) is 0 Å². The van der Waals surface area contributed by atoms with E-state index in [0.717, 1.165) is 24.4 Å². The number of hydrogen-bond donors (Lipinski definition) is 1. The molecule has 0 atom stereocenters. The van der Waals surface area contributed by atoms with Crippen molar-refractivity contribution in [2.75, 3.05) is 6.54 Å². The van der Waals surface area contributed by atoms with E-state index in [0.29, 0.717) is 0 Å². The molecule has 78 valence electrons. The summed E-state index contributed by atoms with van der Waals surface area (Å²) >= 11 is 5.89. The fourth-order valence-electron chi connectivity index (χ4n) is 1.52. The zero-order chi connectivity index (χ0) is 10.2. The van der Waals surface area contributed by atoms with Crippen molar-refractivity contribution in [3.05, 3.63) is 34.9 Å². The normalized spacial score (nSPS) is 10.4. The zero-order valence-corrected chi connectivity index (χ0v) is 9.26. The number of halogens is 1. The quantitative estimate of drug-likeness (QED) is 0.718. The van der Waals surface area contributed by atoms with Crippen molar-refractivity contribution in [1.29, 1.82) is 0 Å². The molecule has 1 nitrogen and oxygen atoms in total. The van der Waals surface area contributed by atoms with Crippen LogP contribution in [0.3, 0.4) is 0 Å². The topological polar surface area (TPSA) is 26.0 Å². The third-order valence-corrected chi connectivity index (χ3v) is 2.54. The third kappa shape index (κ3) is 4.64. The first kappa shape index (κ1) is 11.5. The van der Waals surface area contributed by atoms with Crippen molar-refractivity contribution < 1.29 is 0 Å². The maximum Gasteiger partial charge on any atom is 0.0408 e. The van der Waals surface area contributed by atoms with E-state index in [-0.39, 0.29) is 0 Å². The Balaban J connectivity index is 2.18. The van der Waals surface area contributed by atoms with Gasteiger partial charge in [0.15, 0.2) is 0 Å². The monoisotopic (exact) mass is 211 g/mol. The van der Waals surface area contributed by atoms with Crippen molar-refractivity contribution in [3.63, 3.8) is 0 Å². The van der Waals surface area contributed by atoms with Gasteiger partial charge in [-0.25, -0.2) is 0 Å². The number of rotatable bonds is 6. The first-order chi connectivity index (χ1) is 6.83. The maximum absolute atomic E-state index is 5.89. The Kier molecular flexibility index (Phi) is 5.65. The summed E-state index contributed by atoms with van der Waals surface area (Å²) in [5.74, 6) is 0. The molecule has 0 saturated carbocycles. The molecule has 1 rings (SSSR count). The SMILES string of the molecule is NCCCCCCc1cccc(Cl)c1. The Labute approximate surface area is 91.3 Å². The van der Waals surface area contributed by atoms with Gasteiger partial charge in [0.25, 0.3) is 0 Å². The third-order valence-electron chi connectivity index (χ3n) is 2.31. The summed E-state index contributed by atoms with van der Waals surface area (Å²) in [5, 5.41) is 0.837. The van der Waals surface area contributed by atoms with Crippen LogP contribution < -0.4 is 5.73 Å². The molecular weight excluding hydrogens is 194 g/mol. The van der Waals surface area contributed by atoms with Gasteiger partial charge in [-0.15, -0.1) is 0 Å². The smallest absolute Gasteiger partial charge is 0.0408 e. The summed E-state index contributed by atoms with van der Waals surface area (Å²) in [6, 6.07) is 8.11. The van der Waals surface area contributed by atoms with Crippen molar-refractivity contribution in [1.82, 2.24) is 0 Å². The van der Waals surface area contributed by atoms with E-state index in [4.69, 9.17) is 17.3 Å². The van der Waals surface area contributed by atoms with Crippen LogP contribution in [0.5, 0.6) is 0 Å². The number of aryl methyl sites for hydroxylation is 1. The Morgan fingerprint density at radius 2 is 1.86 bits per heavy atom. The molecule has 0 aromatic heterocycles. The van der Waals surface area contributed by atoms with Crippen LogP contribution in [0.2, 0.25) is 5.02 Å². The van der Waals surface area contributed by atoms with E-state index in [1.54, 1.807) is 0 Å². The Morgan fingerprint density at radius 3 is 2.57 bits per heavy atom. The van der Waals surface area contributed by atoms with Crippen LogP contribution in [0.1, 0.15) is 31.2 Å². The lowest BCUT2D eigenvalue weighted by Crippen LogP contribution is -1.97. The van der Waals surface area contributed by atoms with E-state index in [9.17, 15) is 0 Å². The summed E-state index contributed by atoms with van der Waals surface area (Å²) < 4.78 is 0. The minimum Gasteiger partial charge on any atom is -0.330 e. The first-order valence-electron chi connectivity index (χ1n) is 5.27. The average Bonchev–Trinajstić information content (AvgIpc) is 2.18. The number of benzene rings is 1. The van der Waals surface area contributed by atoms with Crippen molar-refractivity contribution >= 4 is 11.6 Å². The van der Waals surface area contributed by atoms with Crippen molar-refractivity contribution in [3.8, 4) is 0 Å². The number of unbranched alkanes of at least 4 members (excludes halogenated alkanes) is 3. The molecule has 0 saturated heterocycles. The van der Waals surface area contributed by atoms with E-state index in [2.05, 4.69) is 6.07 Å². The van der Waals surface area contributed by atoms with Crippen LogP contribution in [0, 0.1) is 0 Å². The molecule has 0 amide bonds. The highest BCUT2D eigenvalue weighted by Gasteiger charge is 1.94. The Morgan fingerprint density at radius 1 is 1.07 bits per heavy atom. The van der Waals surface area contributed by atoms with E-state index >= 15 is 0 Å². The van der Waals surface area contributed by atoms with Gasteiger partial charge in [0.1, 0.15) is 0 Å². The molecule has 1 aromatic rings. The van der Waals surface area contributed by atoms with Crippen molar-refractivity contribution in [2.45, 2.75) is 32.1 Å². The average molecular weight is 212 g/mol. The summed E-state index contributed by atoms with van der Waals surface area (Å²) in [5.41, 5.74) is 6.76. The lowest BCUT2D eigenvalue weighted by molar-refractivity contribution is 0.647. The molecule has 0 aliphatic heterocycles. The molecule has 14 heavy (non-hydrogen) atoms. The van der Waals surface area contributed by atoms with Crippen LogP contribution >= 0.6 is 11.6 Å². The predicted octanol–water partition coefficient (Wildman–Crippen LogP) is 3.40. The van der Waals surface area contributed by atoms with E-state index in [1.807, 2.05) is 18.2 Å². The molecule has 0 spiro atoms. The van der Waals surface area contributed by atoms with Crippen LogP contribution in [-0.4, -0.2) is 6.54 Å². The minimum absolute atomic E-state index is 0.817. The van der Waals surface area contributed by atoms with Gasteiger partial charge in [0, 0.05) is 5.02 Å². The zero-order valence-electron chi connectivity index (χ0n) is 8.51. The van der Waals surface area contributed by atoms with Crippen molar-refractivity contribution in [2.24, 2.45) is 5.73 Å². The molecule has 0 aliphatic rings. The molecule has 0 unspecified atom stereocenters. The molecule has 0 bridgehead atoms. The standard InChI is InChI=1S/C12H18ClN/c13-12-8-5-7-11(10-12)6-3-1-2-4-9-14/h5,7-8,10H,1-4,6,9,14H2. The highest BCUT2D eigenvalue weighted by atomic mass is 35.5. The number of nitrogens with two attached hydrogens (primary N) is 1. The summed E-state index contributed by atoms with van der Waals surface area (Å²) in [6.45, 7) is 0.817. The van der Waals surface area contributed by atoms with Crippen LogP contribution in [0.15, 0.2) is 24.3 Å². The fraction of sp³-hybridized carbons (Fsp3) is 0.500.